The first-order valence-electron chi connectivity index (χ1n) is 11.8. The fourth-order valence-corrected chi connectivity index (χ4v) is 5.23. The lowest BCUT2D eigenvalue weighted by molar-refractivity contribution is -0.439. The third-order valence-corrected chi connectivity index (χ3v) is 7.42. The maximum absolute atomic E-state index is 10.7. The normalized spacial score (nSPS) is 54.4. The number of nitrogens with one attached hydrogen (secondary N) is 1. The Balaban J connectivity index is 1.62. The number of aliphatic hydroxyl groups is 8. The molecule has 3 heterocycles. The summed E-state index contributed by atoms with van der Waals surface area (Å²) in [7, 11) is 1.60. The van der Waals surface area contributed by atoms with E-state index in [4.69, 9.17) is 35.2 Å². The zero-order valence-corrected chi connectivity index (χ0v) is 19.6. The first kappa shape index (κ1) is 28.4. The molecule has 3 saturated heterocycles. The van der Waals surface area contributed by atoms with Crippen LogP contribution in [0.4, 0.5) is 0 Å². The van der Waals surface area contributed by atoms with Crippen LogP contribution in [-0.2, 0) is 23.7 Å². The predicted octanol–water partition coefficient (Wildman–Crippen LogP) is -7.27. The van der Waals surface area contributed by atoms with E-state index in [-0.39, 0.29) is 6.42 Å². The Labute approximate surface area is 206 Å². The average molecular weight is 528 g/mol. The smallest absolute Gasteiger partial charge is 0.314 e. The highest BCUT2D eigenvalue weighted by molar-refractivity contribution is 5.05. The molecule has 1 spiro atoms. The molecule has 13 N–H and O–H groups in total. The number of hydrogen-bond donors (Lipinski definition) is 11. The minimum absolute atomic E-state index is 0.254. The number of aliphatic hydroxyl groups excluding tert-OH is 8. The molecule has 4 rings (SSSR count). The van der Waals surface area contributed by atoms with Crippen LogP contribution in [0.5, 0.6) is 0 Å². The minimum atomic E-state index is -2.48. The number of nitrogens with two attached hydrogens (primary N) is 2. The van der Waals surface area contributed by atoms with Gasteiger partial charge >= 0.3 is 5.97 Å². The third-order valence-electron chi connectivity index (χ3n) is 7.42. The Kier molecular flexibility index (Phi) is 8.55. The van der Waals surface area contributed by atoms with E-state index in [9.17, 15) is 40.9 Å². The third kappa shape index (κ3) is 4.68. The Morgan fingerprint density at radius 2 is 1.61 bits per heavy atom. The van der Waals surface area contributed by atoms with Gasteiger partial charge in [0.2, 0.25) is 0 Å². The number of likely N-dealkylation sites (N-methyl/N-ethyl adjacent to an activating group) is 1. The lowest BCUT2D eigenvalue weighted by Crippen LogP contribution is -2.69. The highest BCUT2D eigenvalue weighted by Gasteiger charge is 2.67. The molecule has 1 saturated carbocycles. The molecule has 4 aliphatic rings. The first-order valence-corrected chi connectivity index (χ1v) is 11.8. The van der Waals surface area contributed by atoms with Gasteiger partial charge in [-0.3, -0.25) is 0 Å². The molecule has 16 heteroatoms. The fraction of sp³-hybridized carbons (Fsp3) is 1.00. The van der Waals surface area contributed by atoms with Gasteiger partial charge in [-0.05, 0) is 13.5 Å². The number of rotatable bonds is 6. The van der Waals surface area contributed by atoms with Crippen molar-refractivity contribution in [3.63, 3.8) is 0 Å². The van der Waals surface area contributed by atoms with Crippen molar-refractivity contribution < 1.29 is 64.5 Å². The molecule has 16 nitrogen and oxygen atoms in total. The molecule has 0 radical (unpaired) electrons. The van der Waals surface area contributed by atoms with E-state index in [0.29, 0.717) is 0 Å². The van der Waals surface area contributed by atoms with Gasteiger partial charge in [0, 0.05) is 12.1 Å². The van der Waals surface area contributed by atoms with E-state index < -0.39 is 111 Å². The molecule has 210 valence electrons. The SMILES string of the molecule is CN[C@@H]1C[C@H](N)[C@H](O)[C@H](O[C@@H]2O[C@H](CO)[C@H](O)[C@@H]3O[C@@]4(O[C@H]23)O[C@H]([C@H](N)CO)[C@H](O)[C@H](O)[C@@H]4O)[C@@H]1O. The van der Waals surface area contributed by atoms with Crippen LogP contribution in [0.1, 0.15) is 6.42 Å². The quantitative estimate of drug-likeness (QED) is 0.153. The highest BCUT2D eigenvalue weighted by Crippen LogP contribution is 2.45. The standard InChI is InChI=1S/C20H37N3O13/c1-23-7-2-5(21)9(26)15(10(7)27)33-19-17-16(11(28)8(4-25)32-19)35-20(36-17)18(31)13(30)12(29)14(34-20)6(22)3-24/h5-19,23-31H,2-4,21-22H2,1H3/t5-,6+,7+,8+,9-,10+,11-,12+,13-,14+,15-,16-,17-,18-,19-,20-/m0/s1. The molecular weight excluding hydrogens is 490 g/mol. The van der Waals surface area contributed by atoms with Crippen LogP contribution in [-0.4, -0.2) is 159 Å². The summed E-state index contributed by atoms with van der Waals surface area (Å²) in [5.74, 6) is -2.48. The van der Waals surface area contributed by atoms with Crippen molar-refractivity contribution in [1.29, 1.82) is 0 Å². The summed E-state index contributed by atoms with van der Waals surface area (Å²) in [4.78, 5) is 0. The summed E-state index contributed by atoms with van der Waals surface area (Å²) in [6.45, 7) is -1.33. The van der Waals surface area contributed by atoms with Gasteiger partial charge in [-0.2, -0.15) is 0 Å². The van der Waals surface area contributed by atoms with Crippen molar-refractivity contribution in [3.8, 4) is 0 Å². The number of fused-ring (bicyclic) bond motifs is 1. The summed E-state index contributed by atoms with van der Waals surface area (Å²) >= 11 is 0. The van der Waals surface area contributed by atoms with Crippen LogP contribution in [0.3, 0.4) is 0 Å². The van der Waals surface area contributed by atoms with Crippen molar-refractivity contribution in [2.75, 3.05) is 20.3 Å². The molecular formula is C20H37N3O13. The zero-order chi connectivity index (χ0) is 26.5. The second-order valence-electron chi connectivity index (χ2n) is 9.72. The minimum Gasteiger partial charge on any atom is -0.395 e. The summed E-state index contributed by atoms with van der Waals surface area (Å²) in [6, 6.07) is -2.50. The number of hydrogen-bond acceptors (Lipinski definition) is 16. The van der Waals surface area contributed by atoms with Crippen molar-refractivity contribution in [2.24, 2.45) is 11.5 Å². The van der Waals surface area contributed by atoms with Gasteiger partial charge in [0.25, 0.3) is 0 Å². The van der Waals surface area contributed by atoms with Crippen LogP contribution in [0.15, 0.2) is 0 Å². The van der Waals surface area contributed by atoms with E-state index in [0.717, 1.165) is 0 Å². The predicted molar refractivity (Wildman–Crippen MR) is 115 cm³/mol. The molecule has 0 aromatic rings. The van der Waals surface area contributed by atoms with Gasteiger partial charge in [0.1, 0.15) is 48.8 Å². The Morgan fingerprint density at radius 1 is 0.944 bits per heavy atom. The van der Waals surface area contributed by atoms with Crippen LogP contribution in [0.25, 0.3) is 0 Å². The van der Waals surface area contributed by atoms with E-state index in [1.807, 2.05) is 0 Å². The molecule has 0 aromatic carbocycles. The van der Waals surface area contributed by atoms with Crippen LogP contribution in [0, 0.1) is 0 Å². The number of ether oxygens (including phenoxy) is 5. The fourth-order valence-electron chi connectivity index (χ4n) is 5.23. The summed E-state index contributed by atoms with van der Waals surface area (Å²) in [6.07, 6.45) is -17.7. The molecule has 4 fully saturated rings. The molecule has 0 amide bonds. The summed E-state index contributed by atoms with van der Waals surface area (Å²) in [5.41, 5.74) is 11.8. The second kappa shape index (κ2) is 10.9. The monoisotopic (exact) mass is 527 g/mol. The molecule has 3 aliphatic heterocycles. The Morgan fingerprint density at radius 3 is 2.22 bits per heavy atom. The van der Waals surface area contributed by atoms with Gasteiger partial charge in [0.15, 0.2) is 12.4 Å². The average Bonchev–Trinajstić information content (AvgIpc) is 3.27. The first-order chi connectivity index (χ1) is 17.0. The Bertz CT molecular complexity index is 756. The summed E-state index contributed by atoms with van der Waals surface area (Å²) in [5, 5.41) is 85.6. The van der Waals surface area contributed by atoms with Gasteiger partial charge < -0.3 is 81.3 Å². The largest absolute Gasteiger partial charge is 0.395 e. The Hall–Kier alpha value is -0.640. The molecule has 0 unspecified atom stereocenters. The van der Waals surface area contributed by atoms with Gasteiger partial charge in [-0.15, -0.1) is 0 Å². The maximum Gasteiger partial charge on any atom is 0.314 e. The van der Waals surface area contributed by atoms with Crippen LogP contribution < -0.4 is 16.8 Å². The molecule has 36 heavy (non-hydrogen) atoms. The molecule has 16 atom stereocenters. The van der Waals surface area contributed by atoms with Crippen molar-refractivity contribution in [2.45, 2.75) is 104 Å². The topological polar surface area (TPSA) is 272 Å². The maximum atomic E-state index is 10.7. The van der Waals surface area contributed by atoms with Crippen molar-refractivity contribution in [3.05, 3.63) is 0 Å². The lowest BCUT2D eigenvalue weighted by Gasteiger charge is -2.46. The van der Waals surface area contributed by atoms with E-state index in [1.54, 1.807) is 7.05 Å². The van der Waals surface area contributed by atoms with Crippen LogP contribution >= 0.6 is 0 Å². The van der Waals surface area contributed by atoms with Gasteiger partial charge in [0.05, 0.1) is 31.5 Å². The lowest BCUT2D eigenvalue weighted by atomic mass is 9.84. The second-order valence-corrected chi connectivity index (χ2v) is 9.72. The van der Waals surface area contributed by atoms with Gasteiger partial charge in [-0.25, -0.2) is 0 Å². The van der Waals surface area contributed by atoms with E-state index in [1.165, 1.54) is 0 Å². The van der Waals surface area contributed by atoms with Crippen molar-refractivity contribution in [1.82, 2.24) is 5.32 Å². The van der Waals surface area contributed by atoms with Crippen LogP contribution in [0.2, 0.25) is 0 Å². The van der Waals surface area contributed by atoms with E-state index >= 15 is 0 Å². The molecule has 0 aromatic heterocycles. The molecule has 1 aliphatic carbocycles. The zero-order valence-electron chi connectivity index (χ0n) is 19.6. The highest BCUT2D eigenvalue weighted by atomic mass is 16.9. The van der Waals surface area contributed by atoms with E-state index in [2.05, 4.69) is 5.32 Å². The van der Waals surface area contributed by atoms with Crippen molar-refractivity contribution >= 4 is 0 Å². The van der Waals surface area contributed by atoms with Gasteiger partial charge in [-0.1, -0.05) is 0 Å². The molecule has 0 bridgehead atoms. The summed E-state index contributed by atoms with van der Waals surface area (Å²) < 4.78 is 28.7.